The van der Waals surface area contributed by atoms with E-state index in [1.165, 1.54) is 12.1 Å². The van der Waals surface area contributed by atoms with Gasteiger partial charge in [0.25, 0.3) is 0 Å². The molecule has 0 aliphatic carbocycles. The number of phosphoric ester groups is 1. The maximum absolute atomic E-state index is 10.1. The Balaban J connectivity index is 0. The molecule has 0 aliphatic heterocycles. The summed E-state index contributed by atoms with van der Waals surface area (Å²) in [4.78, 5) is 20.3. The van der Waals surface area contributed by atoms with Crippen molar-refractivity contribution in [2.24, 2.45) is 0 Å². The van der Waals surface area contributed by atoms with E-state index >= 15 is 0 Å². The summed E-state index contributed by atoms with van der Waals surface area (Å²) in [6, 6.07) is 6.13. The van der Waals surface area contributed by atoms with Crippen molar-refractivity contribution in [3.8, 4) is 5.75 Å². The van der Waals surface area contributed by atoms with E-state index in [4.69, 9.17) is 0 Å². The molecule has 0 amide bonds. The van der Waals surface area contributed by atoms with Crippen LogP contribution in [0.3, 0.4) is 0 Å². The second kappa shape index (κ2) is 8.06. The van der Waals surface area contributed by atoms with Crippen LogP contribution in [0.5, 0.6) is 5.75 Å². The van der Waals surface area contributed by atoms with Gasteiger partial charge in [-0.15, -0.1) is 0 Å². The molecule has 1 aromatic carbocycles. The van der Waals surface area contributed by atoms with Crippen LogP contribution in [0, 0.1) is 3.57 Å². The van der Waals surface area contributed by atoms with Gasteiger partial charge in [-0.2, -0.15) is 0 Å². The van der Waals surface area contributed by atoms with E-state index in [1.807, 2.05) is 0 Å². The second-order valence-corrected chi connectivity index (χ2v) is 4.32. The number of halogens is 1. The molecule has 0 saturated heterocycles. The van der Waals surface area contributed by atoms with Crippen LogP contribution in [-0.4, -0.2) is 0 Å². The van der Waals surface area contributed by atoms with E-state index in [0.29, 0.717) is 0 Å². The maximum atomic E-state index is 10.1. The summed E-state index contributed by atoms with van der Waals surface area (Å²) >= 11 is 2.05. The molecule has 8 heteroatoms. The molecule has 0 unspecified atom stereocenters. The molecule has 14 heavy (non-hydrogen) atoms. The Bertz CT molecular complexity index is 312. The van der Waals surface area contributed by atoms with Crippen molar-refractivity contribution in [3.05, 3.63) is 27.8 Å². The Kier molecular flexibility index (Phi) is 10.5. The van der Waals surface area contributed by atoms with E-state index in [-0.39, 0.29) is 64.9 Å². The number of rotatable bonds is 2. The van der Waals surface area contributed by atoms with Gasteiger partial charge in [-0.1, -0.05) is 0 Å². The number of phosphoric acid groups is 1. The Morgan fingerprint density at radius 3 is 1.93 bits per heavy atom. The van der Waals surface area contributed by atoms with Crippen molar-refractivity contribution in [1.82, 2.24) is 0 Å². The van der Waals surface area contributed by atoms with Crippen LogP contribution in [0.1, 0.15) is 0 Å². The normalized spacial score (nSPS) is 9.64. The van der Waals surface area contributed by atoms with Crippen LogP contribution in [0.2, 0.25) is 0 Å². The minimum Gasteiger partial charge on any atom is -0.780 e. The van der Waals surface area contributed by atoms with Crippen molar-refractivity contribution >= 4 is 30.4 Å². The van der Waals surface area contributed by atoms with Gasteiger partial charge in [-0.25, -0.2) is 0 Å². The molecule has 0 bridgehead atoms. The summed E-state index contributed by atoms with van der Waals surface area (Å²) in [5, 5.41) is 0. The number of benzene rings is 1. The molecule has 1 aromatic rings. The van der Waals surface area contributed by atoms with Gasteiger partial charge in [0.05, 0.1) is 0 Å². The van der Waals surface area contributed by atoms with Gasteiger partial charge >= 0.3 is 59.1 Å². The van der Waals surface area contributed by atoms with E-state index < -0.39 is 7.82 Å². The molecule has 0 heterocycles. The molecule has 0 fully saturated rings. The molecular weight excluding hydrogens is 340 g/mol. The van der Waals surface area contributed by atoms with Crippen molar-refractivity contribution in [2.75, 3.05) is 0 Å². The van der Waals surface area contributed by atoms with Crippen molar-refractivity contribution in [1.29, 1.82) is 0 Å². The van der Waals surface area contributed by atoms with Gasteiger partial charge in [0.15, 0.2) is 0 Å². The molecule has 0 atom stereocenters. The molecular formula is C6H4INa2O4P. The third kappa shape index (κ3) is 8.10. The molecule has 4 nitrogen and oxygen atoms in total. The maximum Gasteiger partial charge on any atom is 1.00 e. The molecule has 66 valence electrons. The van der Waals surface area contributed by atoms with Crippen molar-refractivity contribution in [3.63, 3.8) is 0 Å². The van der Waals surface area contributed by atoms with Gasteiger partial charge < -0.3 is 18.9 Å². The summed E-state index contributed by atoms with van der Waals surface area (Å²) in [7, 11) is -4.91. The summed E-state index contributed by atoms with van der Waals surface area (Å²) < 4.78 is 15.2. The van der Waals surface area contributed by atoms with Gasteiger partial charge in [0.1, 0.15) is 13.6 Å². The smallest absolute Gasteiger partial charge is 0.780 e. The van der Waals surface area contributed by atoms with Crippen molar-refractivity contribution < 1.29 is 78.0 Å². The fourth-order valence-corrected chi connectivity index (χ4v) is 1.36. The minimum atomic E-state index is -4.91. The Morgan fingerprint density at radius 2 is 1.57 bits per heavy atom. The average molecular weight is 344 g/mol. The van der Waals surface area contributed by atoms with Crippen LogP contribution < -0.4 is 73.4 Å². The zero-order valence-corrected chi connectivity index (χ0v) is 14.8. The second-order valence-electron chi connectivity index (χ2n) is 1.99. The van der Waals surface area contributed by atoms with E-state index in [2.05, 4.69) is 27.1 Å². The predicted molar refractivity (Wildman–Crippen MR) is 47.4 cm³/mol. The summed E-state index contributed by atoms with van der Waals surface area (Å²) in [6.07, 6.45) is 0. The minimum absolute atomic E-state index is 0. The Hall–Kier alpha value is 1.90. The van der Waals surface area contributed by atoms with Crippen LogP contribution in [0.15, 0.2) is 24.3 Å². The quantitative estimate of drug-likeness (QED) is 0.305. The predicted octanol–water partition coefficient (Wildman–Crippen LogP) is -5.49. The Morgan fingerprint density at radius 1 is 1.14 bits per heavy atom. The zero-order chi connectivity index (χ0) is 9.19. The largest absolute Gasteiger partial charge is 1.00 e. The van der Waals surface area contributed by atoms with Crippen LogP contribution in [-0.2, 0) is 4.57 Å². The van der Waals surface area contributed by atoms with Crippen LogP contribution in [0.25, 0.3) is 0 Å². The first-order chi connectivity index (χ1) is 5.47. The zero-order valence-electron chi connectivity index (χ0n) is 7.77. The molecule has 0 spiro atoms. The van der Waals surface area contributed by atoms with Gasteiger partial charge in [-0.3, -0.25) is 0 Å². The van der Waals surface area contributed by atoms with Gasteiger partial charge in [0.2, 0.25) is 0 Å². The summed E-state index contributed by atoms with van der Waals surface area (Å²) in [6.45, 7) is 0. The van der Waals surface area contributed by atoms with Crippen LogP contribution in [0.4, 0.5) is 0 Å². The molecule has 0 radical (unpaired) electrons. The fraction of sp³-hybridized carbons (Fsp3) is 0. The van der Waals surface area contributed by atoms with E-state index in [1.54, 1.807) is 12.1 Å². The number of hydrogen-bond donors (Lipinski definition) is 0. The molecule has 0 aliphatic rings. The molecule has 0 N–H and O–H groups in total. The third-order valence-electron chi connectivity index (χ3n) is 1.03. The van der Waals surface area contributed by atoms with Gasteiger partial charge in [-0.05, 0) is 46.9 Å². The first kappa shape index (κ1) is 18.3. The average Bonchev–Trinajstić information content (AvgIpc) is 1.91. The fourth-order valence-electron chi connectivity index (χ4n) is 0.625. The molecule has 0 aromatic heterocycles. The van der Waals surface area contributed by atoms with Crippen LogP contribution >= 0.6 is 30.4 Å². The first-order valence-electron chi connectivity index (χ1n) is 2.94. The SMILES string of the molecule is O=P([O-])([O-])Oc1ccc(I)cc1.[Na+].[Na+]. The van der Waals surface area contributed by atoms with Gasteiger partial charge in [0, 0.05) is 3.57 Å². The topological polar surface area (TPSA) is 72.4 Å². The van der Waals surface area contributed by atoms with E-state index in [9.17, 15) is 14.4 Å². The van der Waals surface area contributed by atoms with E-state index in [0.717, 1.165) is 3.57 Å². The first-order valence-corrected chi connectivity index (χ1v) is 5.48. The summed E-state index contributed by atoms with van der Waals surface area (Å²) in [5.74, 6) is 0.0451. The Labute approximate surface area is 140 Å². The molecule has 1 rings (SSSR count). The monoisotopic (exact) mass is 344 g/mol. The molecule has 0 saturated carbocycles. The van der Waals surface area contributed by atoms with Crippen molar-refractivity contribution in [2.45, 2.75) is 0 Å². The number of hydrogen-bond acceptors (Lipinski definition) is 4. The standard InChI is InChI=1S/C6H6IO4P.2Na/c7-5-1-3-6(4-2-5)11-12(8,9)10;;/h1-4H,(H2,8,9,10);;/q;2*+1/p-2. The third-order valence-corrected chi connectivity index (χ3v) is 2.18. The summed E-state index contributed by atoms with van der Waals surface area (Å²) in [5.41, 5.74) is 0.